The topological polar surface area (TPSA) is 39.2 Å². The van der Waals surface area contributed by atoms with Crippen LogP contribution < -0.4 is 4.74 Å². The Balaban J connectivity index is 2.52. The van der Waals surface area contributed by atoms with E-state index in [-0.39, 0.29) is 5.97 Å². The molecule has 0 bridgehead atoms. The Hall–Kier alpha value is -1.09. The molecule has 1 aromatic heterocycles. The molecule has 1 heterocycles. The fourth-order valence-electron chi connectivity index (χ4n) is 0.895. The molecule has 4 heteroatoms. The minimum absolute atomic E-state index is 0.270. The summed E-state index contributed by atoms with van der Waals surface area (Å²) in [7, 11) is 0. The lowest BCUT2D eigenvalue weighted by molar-refractivity contribution is -0.134. The van der Waals surface area contributed by atoms with Crippen LogP contribution in [0.3, 0.4) is 0 Å². The van der Waals surface area contributed by atoms with E-state index in [0.29, 0.717) is 17.2 Å². The highest BCUT2D eigenvalue weighted by molar-refractivity contribution is 6.32. The highest BCUT2D eigenvalue weighted by atomic mass is 35.5. The van der Waals surface area contributed by atoms with Gasteiger partial charge >= 0.3 is 5.97 Å². The number of carbonyl (C=O) groups is 1. The molecule has 0 aliphatic heterocycles. The molecule has 75 valence electrons. The van der Waals surface area contributed by atoms with E-state index in [9.17, 15) is 4.79 Å². The minimum Gasteiger partial charge on any atom is -0.425 e. The van der Waals surface area contributed by atoms with Crippen molar-refractivity contribution in [2.45, 2.75) is 26.2 Å². The van der Waals surface area contributed by atoms with Crippen LogP contribution in [0.1, 0.15) is 26.2 Å². The predicted octanol–water partition coefficient (Wildman–Crippen LogP) is 2.63. The second-order valence-corrected chi connectivity index (χ2v) is 3.23. The van der Waals surface area contributed by atoms with Crippen molar-refractivity contribution in [3.8, 4) is 5.75 Å². The van der Waals surface area contributed by atoms with E-state index in [1.54, 1.807) is 0 Å². The van der Waals surface area contributed by atoms with Crippen molar-refractivity contribution >= 4 is 17.6 Å². The van der Waals surface area contributed by atoms with Crippen molar-refractivity contribution < 1.29 is 9.53 Å². The smallest absolute Gasteiger partial charge is 0.311 e. The van der Waals surface area contributed by atoms with Crippen LogP contribution in [0.5, 0.6) is 5.75 Å². The molecule has 3 nitrogen and oxygen atoms in total. The number of ether oxygens (including phenoxy) is 1. The molecule has 0 spiro atoms. The van der Waals surface area contributed by atoms with E-state index in [1.807, 2.05) is 6.92 Å². The molecule has 0 fully saturated rings. The summed E-state index contributed by atoms with van der Waals surface area (Å²) in [5, 5.41) is 0.327. The minimum atomic E-state index is -0.270. The fourth-order valence-corrected chi connectivity index (χ4v) is 1.04. The van der Waals surface area contributed by atoms with E-state index >= 15 is 0 Å². The highest BCUT2D eigenvalue weighted by Gasteiger charge is 2.06. The van der Waals surface area contributed by atoms with Crippen molar-refractivity contribution in [1.29, 1.82) is 0 Å². The average molecular weight is 213 g/mol. The number of pyridine rings is 1. The Morgan fingerprint density at radius 1 is 1.71 bits per heavy atom. The quantitative estimate of drug-likeness (QED) is 0.721. The first-order valence-electron chi connectivity index (χ1n) is 4.46. The molecule has 14 heavy (non-hydrogen) atoms. The standard InChI is InChI=1S/C10H11ClNO2/c1-2-3-4-10(13)14-9-5-6-12-7-8(9)11/h5,7H,2-4H2,1H3. The van der Waals surface area contributed by atoms with Gasteiger partial charge in [0, 0.05) is 12.5 Å². The summed E-state index contributed by atoms with van der Waals surface area (Å²) in [6.45, 7) is 2.01. The molecule has 0 saturated carbocycles. The van der Waals surface area contributed by atoms with Gasteiger partial charge in [-0.3, -0.25) is 9.78 Å². The van der Waals surface area contributed by atoms with Gasteiger partial charge in [0.1, 0.15) is 5.02 Å². The highest BCUT2D eigenvalue weighted by Crippen LogP contribution is 2.22. The van der Waals surface area contributed by atoms with E-state index in [4.69, 9.17) is 16.3 Å². The average Bonchev–Trinajstić information content (AvgIpc) is 2.18. The molecule has 0 amide bonds. The fraction of sp³-hybridized carbons (Fsp3) is 0.400. The van der Waals surface area contributed by atoms with Crippen molar-refractivity contribution in [3.63, 3.8) is 0 Å². The van der Waals surface area contributed by atoms with Crippen LogP contribution in [0.25, 0.3) is 0 Å². The van der Waals surface area contributed by atoms with Gasteiger partial charge < -0.3 is 4.74 Å². The zero-order chi connectivity index (χ0) is 10.4. The van der Waals surface area contributed by atoms with Crippen LogP contribution in [-0.2, 0) is 4.79 Å². The number of hydrogen-bond acceptors (Lipinski definition) is 3. The van der Waals surface area contributed by atoms with Crippen molar-refractivity contribution in [3.05, 3.63) is 23.5 Å². The Morgan fingerprint density at radius 2 is 2.50 bits per heavy atom. The summed E-state index contributed by atoms with van der Waals surface area (Å²) in [6, 6.07) is 1.45. The molecule has 0 aliphatic carbocycles. The Morgan fingerprint density at radius 3 is 3.14 bits per heavy atom. The zero-order valence-electron chi connectivity index (χ0n) is 7.92. The number of hydrogen-bond donors (Lipinski definition) is 0. The zero-order valence-corrected chi connectivity index (χ0v) is 8.67. The van der Waals surface area contributed by atoms with Gasteiger partial charge in [-0.25, -0.2) is 0 Å². The van der Waals surface area contributed by atoms with Gasteiger partial charge in [-0.2, -0.15) is 0 Å². The van der Waals surface area contributed by atoms with Gasteiger partial charge in [-0.1, -0.05) is 24.9 Å². The van der Waals surface area contributed by atoms with Gasteiger partial charge in [0.15, 0.2) is 5.75 Å². The molecule has 1 radical (unpaired) electrons. The maximum atomic E-state index is 11.2. The van der Waals surface area contributed by atoms with Crippen LogP contribution in [0.15, 0.2) is 12.3 Å². The number of aromatic nitrogens is 1. The Labute approximate surface area is 88.1 Å². The predicted molar refractivity (Wildman–Crippen MR) is 53.2 cm³/mol. The summed E-state index contributed by atoms with van der Waals surface area (Å²) in [5.74, 6) is 0.0520. The number of nitrogens with zero attached hydrogens (tertiary/aromatic N) is 1. The van der Waals surface area contributed by atoms with E-state index in [0.717, 1.165) is 12.8 Å². The number of carbonyl (C=O) groups excluding carboxylic acids is 1. The number of halogens is 1. The lowest BCUT2D eigenvalue weighted by Gasteiger charge is -2.04. The molecule has 0 atom stereocenters. The Kier molecular flexibility index (Phi) is 4.40. The van der Waals surface area contributed by atoms with Crippen LogP contribution >= 0.6 is 11.6 Å². The second kappa shape index (κ2) is 5.60. The third-order valence-corrected chi connectivity index (χ3v) is 1.93. The van der Waals surface area contributed by atoms with E-state index in [2.05, 4.69) is 11.2 Å². The summed E-state index contributed by atoms with van der Waals surface area (Å²) in [4.78, 5) is 14.9. The summed E-state index contributed by atoms with van der Waals surface area (Å²) in [6.07, 6.45) is 6.14. The molecule has 1 aromatic rings. The largest absolute Gasteiger partial charge is 0.425 e. The normalized spacial score (nSPS) is 9.86. The maximum Gasteiger partial charge on any atom is 0.311 e. The SMILES string of the molecule is CCCCC(=O)Oc1c[c]ncc1Cl. The first-order valence-corrected chi connectivity index (χ1v) is 4.84. The van der Waals surface area contributed by atoms with Crippen molar-refractivity contribution in [2.24, 2.45) is 0 Å². The van der Waals surface area contributed by atoms with E-state index < -0.39 is 0 Å². The summed E-state index contributed by atoms with van der Waals surface area (Å²) >= 11 is 5.74. The van der Waals surface area contributed by atoms with Crippen LogP contribution in [0.2, 0.25) is 5.02 Å². The first kappa shape index (κ1) is 11.0. The molecule has 0 saturated heterocycles. The Bertz CT molecular complexity index is 315. The van der Waals surface area contributed by atoms with Crippen molar-refractivity contribution in [1.82, 2.24) is 4.98 Å². The summed E-state index contributed by atoms with van der Waals surface area (Å²) in [5.41, 5.74) is 0. The second-order valence-electron chi connectivity index (χ2n) is 2.82. The van der Waals surface area contributed by atoms with Crippen LogP contribution in [0, 0.1) is 6.20 Å². The number of unbranched alkanes of at least 4 members (excludes halogenated alkanes) is 1. The molecule has 0 unspecified atom stereocenters. The molecule has 0 N–H and O–H groups in total. The molecule has 1 rings (SSSR count). The molecular formula is C10H11ClNO2. The monoisotopic (exact) mass is 212 g/mol. The lowest BCUT2D eigenvalue weighted by atomic mass is 10.2. The van der Waals surface area contributed by atoms with Crippen LogP contribution in [-0.4, -0.2) is 11.0 Å². The summed E-state index contributed by atoms with van der Waals surface area (Å²) < 4.78 is 5.01. The molecule has 0 aliphatic rings. The lowest BCUT2D eigenvalue weighted by Crippen LogP contribution is -2.07. The van der Waals surface area contributed by atoms with E-state index in [1.165, 1.54) is 12.3 Å². The van der Waals surface area contributed by atoms with Crippen LogP contribution in [0.4, 0.5) is 0 Å². The maximum absolute atomic E-state index is 11.2. The first-order chi connectivity index (χ1) is 6.74. The van der Waals surface area contributed by atoms with Gasteiger partial charge in [-0.05, 0) is 6.42 Å². The van der Waals surface area contributed by atoms with Gasteiger partial charge in [0.05, 0.1) is 12.4 Å². The van der Waals surface area contributed by atoms with Gasteiger partial charge in [0.25, 0.3) is 0 Å². The third-order valence-electron chi connectivity index (χ3n) is 1.64. The molecular weight excluding hydrogens is 202 g/mol. The van der Waals surface area contributed by atoms with Crippen molar-refractivity contribution in [2.75, 3.05) is 0 Å². The third kappa shape index (κ3) is 3.34. The number of esters is 1. The van der Waals surface area contributed by atoms with Gasteiger partial charge in [0.2, 0.25) is 0 Å². The molecule has 0 aromatic carbocycles. The number of rotatable bonds is 4. The van der Waals surface area contributed by atoms with Gasteiger partial charge in [-0.15, -0.1) is 0 Å².